The molecule has 3 rings (SSSR count). The summed E-state index contributed by atoms with van der Waals surface area (Å²) in [7, 11) is 1.55. The number of amides is 1. The smallest absolute Gasteiger partial charge is 0.410 e. The molecule has 0 radical (unpaired) electrons. The number of carbonyl (C=O) groups is 1. The molecule has 26 heavy (non-hydrogen) atoms. The van der Waals surface area contributed by atoms with Crippen molar-refractivity contribution < 1.29 is 14.3 Å². The van der Waals surface area contributed by atoms with Crippen molar-refractivity contribution in [3.05, 3.63) is 22.7 Å². The maximum atomic E-state index is 12.2. The standard InChI is InChI=1S/C17H23N5O4/c1-17(2,3)26-16(24)22-7-5-21(6-8-22)14-12(25-4)9-11-13(20-14)15(23)19-10-18-11/h9-10H,5-8H2,1-4H3,(H,18,19,23). The molecule has 2 aromatic rings. The Morgan fingerprint density at radius 3 is 2.54 bits per heavy atom. The summed E-state index contributed by atoms with van der Waals surface area (Å²) in [4.78, 5) is 39.0. The summed E-state index contributed by atoms with van der Waals surface area (Å²) in [6, 6.07) is 1.70. The SMILES string of the molecule is COc1cc2nc[nH]c(=O)c2nc1N1CCN(C(=O)OC(C)(C)C)CC1. The van der Waals surface area contributed by atoms with Crippen LogP contribution in [-0.4, -0.2) is 64.8 Å². The van der Waals surface area contributed by atoms with E-state index >= 15 is 0 Å². The second kappa shape index (κ2) is 6.81. The summed E-state index contributed by atoms with van der Waals surface area (Å²) in [6.45, 7) is 7.66. The maximum Gasteiger partial charge on any atom is 0.410 e. The van der Waals surface area contributed by atoms with Crippen LogP contribution in [-0.2, 0) is 4.74 Å². The number of hydrogen-bond acceptors (Lipinski definition) is 7. The predicted molar refractivity (Wildman–Crippen MR) is 96.7 cm³/mol. The molecule has 0 spiro atoms. The Labute approximate surface area is 150 Å². The Kier molecular flexibility index (Phi) is 4.71. The van der Waals surface area contributed by atoms with Gasteiger partial charge in [-0.2, -0.15) is 0 Å². The van der Waals surface area contributed by atoms with Crippen LogP contribution in [0.4, 0.5) is 10.6 Å². The van der Waals surface area contributed by atoms with Gasteiger partial charge in [-0.3, -0.25) is 4.79 Å². The quantitative estimate of drug-likeness (QED) is 0.862. The molecule has 1 amide bonds. The highest BCUT2D eigenvalue weighted by Gasteiger charge is 2.27. The predicted octanol–water partition coefficient (Wildman–Crippen LogP) is 1.38. The fraction of sp³-hybridized carbons (Fsp3) is 0.529. The largest absolute Gasteiger partial charge is 0.493 e. The summed E-state index contributed by atoms with van der Waals surface area (Å²) in [6.07, 6.45) is 1.02. The van der Waals surface area contributed by atoms with Crippen LogP contribution in [0, 0.1) is 0 Å². The monoisotopic (exact) mass is 361 g/mol. The molecular formula is C17H23N5O4. The van der Waals surface area contributed by atoms with Crippen molar-refractivity contribution in [1.29, 1.82) is 0 Å². The zero-order valence-electron chi connectivity index (χ0n) is 15.4. The number of fused-ring (bicyclic) bond motifs is 1. The number of piperazine rings is 1. The average molecular weight is 361 g/mol. The molecule has 0 unspecified atom stereocenters. The third-order valence-corrected chi connectivity index (χ3v) is 4.01. The molecule has 1 N–H and O–H groups in total. The highest BCUT2D eigenvalue weighted by Crippen LogP contribution is 2.29. The van der Waals surface area contributed by atoms with E-state index in [2.05, 4.69) is 15.0 Å². The van der Waals surface area contributed by atoms with Crippen LogP contribution in [0.25, 0.3) is 11.0 Å². The van der Waals surface area contributed by atoms with Crippen LogP contribution in [0.2, 0.25) is 0 Å². The Morgan fingerprint density at radius 2 is 1.92 bits per heavy atom. The van der Waals surface area contributed by atoms with Crippen LogP contribution in [0.3, 0.4) is 0 Å². The topological polar surface area (TPSA) is 101 Å². The molecule has 140 valence electrons. The molecule has 0 bridgehead atoms. The zero-order chi connectivity index (χ0) is 18.9. The normalized spacial score (nSPS) is 15.2. The van der Waals surface area contributed by atoms with Crippen molar-refractivity contribution >= 4 is 22.9 Å². The van der Waals surface area contributed by atoms with Crippen molar-refractivity contribution in [2.75, 3.05) is 38.2 Å². The van der Waals surface area contributed by atoms with Gasteiger partial charge in [0.15, 0.2) is 17.1 Å². The van der Waals surface area contributed by atoms with Gasteiger partial charge < -0.3 is 24.3 Å². The molecule has 3 heterocycles. The fourth-order valence-corrected chi connectivity index (χ4v) is 2.77. The first kappa shape index (κ1) is 18.0. The average Bonchev–Trinajstić information content (AvgIpc) is 2.60. The van der Waals surface area contributed by atoms with E-state index in [0.29, 0.717) is 43.3 Å². The first-order valence-electron chi connectivity index (χ1n) is 8.44. The summed E-state index contributed by atoms with van der Waals surface area (Å²) in [5.74, 6) is 1.11. The number of nitrogens with one attached hydrogen (secondary N) is 1. The molecule has 2 aromatic heterocycles. The van der Waals surface area contributed by atoms with Crippen LogP contribution in [0.1, 0.15) is 20.8 Å². The number of ether oxygens (including phenoxy) is 2. The number of methoxy groups -OCH3 is 1. The fourth-order valence-electron chi connectivity index (χ4n) is 2.77. The molecule has 0 atom stereocenters. The Hall–Kier alpha value is -2.84. The molecule has 1 saturated heterocycles. The number of anilines is 1. The first-order chi connectivity index (χ1) is 12.3. The third-order valence-electron chi connectivity index (χ3n) is 4.01. The molecular weight excluding hydrogens is 338 g/mol. The lowest BCUT2D eigenvalue weighted by molar-refractivity contribution is 0.0240. The van der Waals surface area contributed by atoms with Gasteiger partial charge in [0.2, 0.25) is 0 Å². The van der Waals surface area contributed by atoms with Crippen molar-refractivity contribution in [3.63, 3.8) is 0 Å². The molecule has 9 nitrogen and oxygen atoms in total. The Morgan fingerprint density at radius 1 is 1.23 bits per heavy atom. The summed E-state index contributed by atoms with van der Waals surface area (Å²) in [5, 5.41) is 0. The van der Waals surface area contributed by atoms with Crippen LogP contribution in [0.15, 0.2) is 17.2 Å². The van der Waals surface area contributed by atoms with E-state index in [-0.39, 0.29) is 17.2 Å². The highest BCUT2D eigenvalue weighted by atomic mass is 16.6. The van der Waals surface area contributed by atoms with Gasteiger partial charge in [-0.25, -0.2) is 14.8 Å². The number of nitrogens with zero attached hydrogens (tertiary/aromatic N) is 4. The van der Waals surface area contributed by atoms with Crippen molar-refractivity contribution in [1.82, 2.24) is 19.9 Å². The van der Waals surface area contributed by atoms with Gasteiger partial charge in [0, 0.05) is 32.2 Å². The van der Waals surface area contributed by atoms with Gasteiger partial charge in [-0.15, -0.1) is 0 Å². The van der Waals surface area contributed by atoms with E-state index in [4.69, 9.17) is 9.47 Å². The second-order valence-electron chi connectivity index (χ2n) is 7.07. The van der Waals surface area contributed by atoms with Crippen molar-refractivity contribution in [2.24, 2.45) is 0 Å². The molecule has 0 aromatic carbocycles. The van der Waals surface area contributed by atoms with Gasteiger partial charge in [-0.05, 0) is 20.8 Å². The number of pyridine rings is 1. The molecule has 1 aliphatic heterocycles. The second-order valence-corrected chi connectivity index (χ2v) is 7.07. The minimum Gasteiger partial charge on any atom is -0.493 e. The number of carbonyl (C=O) groups excluding carboxylic acids is 1. The lowest BCUT2D eigenvalue weighted by Gasteiger charge is -2.36. The number of hydrogen-bond donors (Lipinski definition) is 1. The minimum absolute atomic E-state index is 0.262. The minimum atomic E-state index is -0.522. The number of aromatic nitrogens is 3. The van der Waals surface area contributed by atoms with E-state index in [0.717, 1.165) is 0 Å². The summed E-state index contributed by atoms with van der Waals surface area (Å²) >= 11 is 0. The lowest BCUT2D eigenvalue weighted by atomic mass is 10.2. The van der Waals surface area contributed by atoms with E-state index in [1.165, 1.54) is 6.33 Å². The highest BCUT2D eigenvalue weighted by molar-refractivity contribution is 5.79. The maximum absolute atomic E-state index is 12.2. The number of rotatable bonds is 2. The molecule has 0 aliphatic carbocycles. The zero-order valence-corrected chi connectivity index (χ0v) is 15.4. The molecule has 1 fully saturated rings. The van der Waals surface area contributed by atoms with Crippen LogP contribution < -0.4 is 15.2 Å². The lowest BCUT2D eigenvalue weighted by Crippen LogP contribution is -2.50. The van der Waals surface area contributed by atoms with E-state index in [1.54, 1.807) is 18.1 Å². The molecule has 9 heteroatoms. The van der Waals surface area contributed by atoms with Crippen molar-refractivity contribution in [2.45, 2.75) is 26.4 Å². The van der Waals surface area contributed by atoms with Gasteiger partial charge >= 0.3 is 6.09 Å². The van der Waals surface area contributed by atoms with E-state index < -0.39 is 5.60 Å². The van der Waals surface area contributed by atoms with Gasteiger partial charge in [0.05, 0.1) is 19.0 Å². The summed E-state index contributed by atoms with van der Waals surface area (Å²) in [5.41, 5.74) is -0.0864. The Balaban J connectivity index is 1.80. The molecule has 0 saturated carbocycles. The molecule has 1 aliphatic rings. The van der Waals surface area contributed by atoms with Crippen LogP contribution in [0.5, 0.6) is 5.75 Å². The summed E-state index contributed by atoms with van der Waals surface area (Å²) < 4.78 is 10.8. The number of H-pyrrole nitrogens is 1. The van der Waals surface area contributed by atoms with Crippen molar-refractivity contribution in [3.8, 4) is 5.75 Å². The van der Waals surface area contributed by atoms with Gasteiger partial charge in [0.25, 0.3) is 5.56 Å². The van der Waals surface area contributed by atoms with Gasteiger partial charge in [0.1, 0.15) is 5.60 Å². The third kappa shape index (κ3) is 3.71. The van der Waals surface area contributed by atoms with Gasteiger partial charge in [-0.1, -0.05) is 0 Å². The first-order valence-corrected chi connectivity index (χ1v) is 8.44. The van der Waals surface area contributed by atoms with Crippen LogP contribution >= 0.6 is 0 Å². The Bertz CT molecular complexity index is 866. The van der Waals surface area contributed by atoms with E-state index in [9.17, 15) is 9.59 Å². The van der Waals surface area contributed by atoms with E-state index in [1.807, 2.05) is 25.7 Å². The number of aromatic amines is 1.